The fourth-order valence-electron chi connectivity index (χ4n) is 3.63. The molecule has 0 fully saturated rings. The monoisotopic (exact) mass is 514 g/mol. The van der Waals surface area contributed by atoms with E-state index in [9.17, 15) is 14.4 Å². The van der Waals surface area contributed by atoms with Gasteiger partial charge in [0.15, 0.2) is 0 Å². The van der Waals surface area contributed by atoms with E-state index in [2.05, 4.69) is 20.4 Å². The molecule has 0 saturated heterocycles. The van der Waals surface area contributed by atoms with E-state index in [0.29, 0.717) is 22.2 Å². The van der Waals surface area contributed by atoms with Gasteiger partial charge in [0, 0.05) is 17.1 Å². The number of pyridine rings is 2. The number of ether oxygens (including phenoxy) is 2. The Kier molecular flexibility index (Phi) is 6.38. The molecular weight excluding hydrogens is 488 g/mol. The summed E-state index contributed by atoms with van der Waals surface area (Å²) in [5.74, 6) is -0.343. The van der Waals surface area contributed by atoms with E-state index in [0.717, 1.165) is 4.90 Å². The Balaban J connectivity index is 1.70. The van der Waals surface area contributed by atoms with Crippen LogP contribution in [0.3, 0.4) is 0 Å². The number of nitrogens with zero attached hydrogens (tertiary/aromatic N) is 5. The Labute approximate surface area is 212 Å². The van der Waals surface area contributed by atoms with Crippen LogP contribution in [-0.4, -0.2) is 60.5 Å². The summed E-state index contributed by atoms with van der Waals surface area (Å²) in [7, 11) is 0. The smallest absolute Gasteiger partial charge is 0.417 e. The highest BCUT2D eigenvalue weighted by atomic mass is 35.5. The minimum atomic E-state index is -0.751. The average Bonchev–Trinajstić information content (AvgIpc) is 3.08. The van der Waals surface area contributed by atoms with E-state index >= 15 is 0 Å². The Bertz CT molecular complexity index is 1370. The van der Waals surface area contributed by atoms with E-state index in [1.165, 1.54) is 10.9 Å². The molecule has 190 valence electrons. The molecule has 36 heavy (non-hydrogen) atoms. The fraction of sp³-hybridized carbons (Fsp3) is 0.417. The summed E-state index contributed by atoms with van der Waals surface area (Å²) >= 11 is 6.66. The van der Waals surface area contributed by atoms with E-state index in [4.69, 9.17) is 21.1 Å². The first-order valence-electron chi connectivity index (χ1n) is 11.3. The van der Waals surface area contributed by atoms with Crippen molar-refractivity contribution in [1.82, 2.24) is 24.6 Å². The van der Waals surface area contributed by atoms with Crippen molar-refractivity contribution in [3.05, 3.63) is 35.2 Å². The zero-order valence-corrected chi connectivity index (χ0v) is 21.6. The van der Waals surface area contributed by atoms with Crippen LogP contribution in [0.2, 0.25) is 5.02 Å². The molecule has 11 nitrogen and oxygen atoms in total. The molecule has 0 spiro atoms. The summed E-state index contributed by atoms with van der Waals surface area (Å²) in [6.07, 6.45) is 1.69. The number of aromatic nitrogens is 4. The van der Waals surface area contributed by atoms with Crippen LogP contribution in [0, 0.1) is 0 Å². The van der Waals surface area contributed by atoms with Gasteiger partial charge in [-0.05, 0) is 53.7 Å². The minimum Gasteiger partial charge on any atom is -0.444 e. The van der Waals surface area contributed by atoms with Gasteiger partial charge < -0.3 is 9.47 Å². The van der Waals surface area contributed by atoms with Crippen molar-refractivity contribution in [3.63, 3.8) is 0 Å². The average molecular weight is 515 g/mol. The molecule has 3 amide bonds. The van der Waals surface area contributed by atoms with Gasteiger partial charge in [-0.3, -0.25) is 19.8 Å². The van der Waals surface area contributed by atoms with Crippen LogP contribution in [-0.2, 0) is 16.0 Å². The lowest BCUT2D eigenvalue weighted by Crippen LogP contribution is -2.46. The highest BCUT2D eigenvalue weighted by Crippen LogP contribution is 2.36. The Morgan fingerprint density at radius 1 is 1.06 bits per heavy atom. The molecule has 0 radical (unpaired) electrons. The van der Waals surface area contributed by atoms with E-state index in [1.54, 1.807) is 59.9 Å². The van der Waals surface area contributed by atoms with Gasteiger partial charge in [0.25, 0.3) is 5.91 Å². The number of nitrogens with one attached hydrogen (secondary N) is 1. The number of carbonyl (C=O) groups excluding carboxylic acids is 3. The van der Waals surface area contributed by atoms with Gasteiger partial charge in [-0.15, -0.1) is 0 Å². The summed E-state index contributed by atoms with van der Waals surface area (Å²) in [5, 5.41) is 7.86. The normalized spacial score (nSPS) is 14.0. The lowest BCUT2D eigenvalue weighted by atomic mass is 10.1. The molecule has 3 aromatic heterocycles. The van der Waals surface area contributed by atoms with Crippen molar-refractivity contribution in [2.75, 3.05) is 11.9 Å². The Hall–Kier alpha value is -3.73. The number of hydrogen-bond donors (Lipinski definition) is 1. The maximum absolute atomic E-state index is 13.2. The first kappa shape index (κ1) is 25.4. The topological polar surface area (TPSA) is 129 Å². The largest absolute Gasteiger partial charge is 0.444 e. The molecule has 1 aliphatic heterocycles. The zero-order valence-electron chi connectivity index (χ0n) is 20.9. The third kappa shape index (κ3) is 5.25. The number of imide groups is 1. The number of amides is 3. The number of anilines is 1. The van der Waals surface area contributed by atoms with Crippen LogP contribution >= 0.6 is 11.6 Å². The summed E-state index contributed by atoms with van der Waals surface area (Å²) in [6, 6.07) is 3.33. The molecule has 0 bridgehead atoms. The van der Waals surface area contributed by atoms with Gasteiger partial charge in [0.1, 0.15) is 28.4 Å². The minimum absolute atomic E-state index is 0.0925. The molecule has 12 heteroatoms. The lowest BCUT2D eigenvalue weighted by molar-refractivity contribution is 0.0209. The van der Waals surface area contributed by atoms with Gasteiger partial charge in [-0.2, -0.15) is 5.10 Å². The molecule has 3 aromatic rings. The first-order valence-corrected chi connectivity index (χ1v) is 11.7. The summed E-state index contributed by atoms with van der Waals surface area (Å²) in [6.45, 7) is 10.8. The van der Waals surface area contributed by atoms with Crippen LogP contribution in [0.25, 0.3) is 22.2 Å². The molecular formula is C24H27ClN6O5. The molecule has 0 unspecified atom stereocenters. The van der Waals surface area contributed by atoms with Crippen molar-refractivity contribution in [2.45, 2.75) is 59.3 Å². The van der Waals surface area contributed by atoms with Gasteiger partial charge in [-0.25, -0.2) is 19.5 Å². The highest BCUT2D eigenvalue weighted by Gasteiger charge is 2.36. The van der Waals surface area contributed by atoms with E-state index in [-0.39, 0.29) is 29.6 Å². The number of halogens is 1. The highest BCUT2D eigenvalue weighted by molar-refractivity contribution is 6.36. The van der Waals surface area contributed by atoms with Crippen LogP contribution < -0.4 is 5.32 Å². The molecule has 0 aliphatic carbocycles. The molecule has 0 aromatic carbocycles. The van der Waals surface area contributed by atoms with E-state index in [1.807, 2.05) is 0 Å². The van der Waals surface area contributed by atoms with Crippen molar-refractivity contribution in [3.8, 4) is 11.3 Å². The predicted molar refractivity (Wildman–Crippen MR) is 133 cm³/mol. The lowest BCUT2D eigenvalue weighted by Gasteiger charge is -2.28. The first-order chi connectivity index (χ1) is 16.7. The molecule has 0 saturated carbocycles. The molecule has 1 N–H and O–H groups in total. The van der Waals surface area contributed by atoms with Gasteiger partial charge >= 0.3 is 12.2 Å². The maximum atomic E-state index is 13.2. The molecule has 0 atom stereocenters. The van der Waals surface area contributed by atoms with Crippen molar-refractivity contribution < 1.29 is 23.9 Å². The second-order valence-corrected chi connectivity index (χ2v) is 10.6. The number of rotatable bonds is 2. The van der Waals surface area contributed by atoms with Crippen molar-refractivity contribution in [1.29, 1.82) is 0 Å². The molecule has 4 rings (SSSR count). The fourth-order valence-corrected chi connectivity index (χ4v) is 3.94. The SMILES string of the molecule is CC(C)(C)OC(=O)Nc1cc2c(-c3nn4c(c3Cl)C(=O)N(C(=O)OC(C)(C)C)CC4)ccnc2cn1. The predicted octanol–water partition coefficient (Wildman–Crippen LogP) is 4.88. The number of hydrogen-bond acceptors (Lipinski definition) is 8. The summed E-state index contributed by atoms with van der Waals surface area (Å²) < 4.78 is 12.1. The number of fused-ring (bicyclic) bond motifs is 2. The second kappa shape index (κ2) is 9.05. The third-order valence-corrected chi connectivity index (χ3v) is 5.36. The quantitative estimate of drug-likeness (QED) is 0.512. The van der Waals surface area contributed by atoms with Crippen molar-refractivity contribution in [2.24, 2.45) is 0 Å². The third-order valence-electron chi connectivity index (χ3n) is 5.00. The van der Waals surface area contributed by atoms with Crippen LogP contribution in [0.5, 0.6) is 0 Å². The standard InChI is InChI=1S/C24H27ClN6O5/c1-23(2,3)35-21(33)28-16-11-14-13(7-8-26-15(14)12-27-16)18-17(25)19-20(32)30(9-10-31(19)29-18)22(34)36-24(4,5)6/h7-8,11-12H,9-10H2,1-6H3,(H,27,28,33). The van der Waals surface area contributed by atoms with Gasteiger partial charge in [0.05, 0.1) is 29.8 Å². The summed E-state index contributed by atoms with van der Waals surface area (Å²) in [5.41, 5.74) is 0.127. The van der Waals surface area contributed by atoms with Gasteiger partial charge in [0.2, 0.25) is 0 Å². The van der Waals surface area contributed by atoms with Crippen LogP contribution in [0.1, 0.15) is 52.0 Å². The molecule has 4 heterocycles. The van der Waals surface area contributed by atoms with Crippen molar-refractivity contribution >= 4 is 46.4 Å². The van der Waals surface area contributed by atoms with E-state index < -0.39 is 29.3 Å². The summed E-state index contributed by atoms with van der Waals surface area (Å²) in [4.78, 5) is 47.5. The van der Waals surface area contributed by atoms with Crippen LogP contribution in [0.4, 0.5) is 15.4 Å². The maximum Gasteiger partial charge on any atom is 0.417 e. The zero-order chi connectivity index (χ0) is 26.4. The van der Waals surface area contributed by atoms with Gasteiger partial charge in [-0.1, -0.05) is 11.6 Å². The second-order valence-electron chi connectivity index (χ2n) is 10.2. The Morgan fingerprint density at radius 3 is 2.42 bits per heavy atom. The van der Waals surface area contributed by atoms with Crippen LogP contribution in [0.15, 0.2) is 24.5 Å². The Morgan fingerprint density at radius 2 is 1.75 bits per heavy atom. The number of carbonyl (C=O) groups is 3. The molecule has 1 aliphatic rings.